The van der Waals surface area contributed by atoms with Crippen LogP contribution in [0.15, 0.2) is 60.7 Å². The van der Waals surface area contributed by atoms with Crippen molar-refractivity contribution in [3.63, 3.8) is 0 Å². The monoisotopic (exact) mass is 489 g/mol. The molecule has 0 aromatic heterocycles. The summed E-state index contributed by atoms with van der Waals surface area (Å²) in [7, 11) is 0. The average molecular weight is 490 g/mol. The van der Waals surface area contributed by atoms with Crippen molar-refractivity contribution < 1.29 is 28.5 Å². The van der Waals surface area contributed by atoms with Gasteiger partial charge >= 0.3 is 5.97 Å². The number of fused-ring (bicyclic) bond motifs is 1. The summed E-state index contributed by atoms with van der Waals surface area (Å²) < 4.78 is 22.0. The second-order valence-electron chi connectivity index (χ2n) is 9.10. The Morgan fingerprint density at radius 2 is 1.69 bits per heavy atom. The average Bonchev–Trinajstić information content (AvgIpc) is 3.33. The summed E-state index contributed by atoms with van der Waals surface area (Å²) in [6, 6.07) is 18.1. The third kappa shape index (κ3) is 5.97. The van der Waals surface area contributed by atoms with Gasteiger partial charge < -0.3 is 24.3 Å². The number of ether oxygens (including phenoxy) is 4. The summed E-state index contributed by atoms with van der Waals surface area (Å²) in [6.45, 7) is 8.35. The maximum Gasteiger partial charge on any atom is 0.338 e. The first-order chi connectivity index (χ1) is 17.3. The van der Waals surface area contributed by atoms with Crippen LogP contribution in [0.25, 0.3) is 0 Å². The van der Waals surface area contributed by atoms with Gasteiger partial charge in [0.05, 0.1) is 23.8 Å². The first-order valence-electron chi connectivity index (χ1n) is 12.1. The van der Waals surface area contributed by atoms with Crippen LogP contribution in [0.2, 0.25) is 0 Å². The van der Waals surface area contributed by atoms with Gasteiger partial charge in [-0.25, -0.2) is 4.79 Å². The van der Waals surface area contributed by atoms with E-state index >= 15 is 0 Å². The molecule has 7 nitrogen and oxygen atoms in total. The Kier molecular flexibility index (Phi) is 7.78. The zero-order valence-corrected chi connectivity index (χ0v) is 21.0. The number of nitrogens with one attached hydrogen (secondary N) is 1. The fraction of sp³-hybridized carbons (Fsp3) is 0.310. The van der Waals surface area contributed by atoms with E-state index in [4.69, 9.17) is 18.9 Å². The molecule has 188 valence electrons. The van der Waals surface area contributed by atoms with Crippen molar-refractivity contribution in [2.45, 2.75) is 40.0 Å². The largest absolute Gasteiger partial charge is 0.462 e. The molecule has 3 aromatic rings. The minimum absolute atomic E-state index is 0.157. The molecule has 1 aliphatic rings. The van der Waals surface area contributed by atoms with E-state index in [1.807, 2.05) is 19.1 Å². The predicted molar refractivity (Wildman–Crippen MR) is 137 cm³/mol. The Balaban J connectivity index is 1.57. The third-order valence-electron chi connectivity index (χ3n) is 5.84. The second kappa shape index (κ2) is 11.2. The minimum Gasteiger partial charge on any atom is -0.462 e. The predicted octanol–water partition coefficient (Wildman–Crippen LogP) is 6.33. The first kappa shape index (κ1) is 25.1. The molecule has 4 rings (SSSR count). The van der Waals surface area contributed by atoms with Gasteiger partial charge in [-0.05, 0) is 67.6 Å². The van der Waals surface area contributed by atoms with Crippen molar-refractivity contribution in [1.29, 1.82) is 0 Å². The van der Waals surface area contributed by atoms with Crippen LogP contribution in [0.1, 0.15) is 55.1 Å². The van der Waals surface area contributed by atoms with Gasteiger partial charge in [0.1, 0.15) is 5.75 Å². The summed E-state index contributed by atoms with van der Waals surface area (Å²) >= 11 is 0. The molecule has 0 radical (unpaired) electrons. The Bertz CT molecular complexity index is 1240. The van der Waals surface area contributed by atoms with E-state index in [-0.39, 0.29) is 19.3 Å². The summed E-state index contributed by atoms with van der Waals surface area (Å²) in [5.41, 5.74) is 2.82. The zero-order chi connectivity index (χ0) is 25.7. The van der Waals surface area contributed by atoms with Crippen molar-refractivity contribution in [3.8, 4) is 23.0 Å². The number of carbonyl (C=O) groups excluding carboxylic acids is 2. The Morgan fingerprint density at radius 3 is 2.42 bits per heavy atom. The number of esters is 1. The zero-order valence-electron chi connectivity index (χ0n) is 21.0. The van der Waals surface area contributed by atoms with Gasteiger partial charge in [0.25, 0.3) is 0 Å². The Labute approximate surface area is 211 Å². The molecule has 0 fully saturated rings. The van der Waals surface area contributed by atoms with Crippen LogP contribution < -0.4 is 19.5 Å². The van der Waals surface area contributed by atoms with E-state index in [0.717, 1.165) is 12.0 Å². The lowest BCUT2D eigenvalue weighted by Crippen LogP contribution is -2.19. The van der Waals surface area contributed by atoms with Crippen LogP contribution in [0, 0.1) is 5.92 Å². The van der Waals surface area contributed by atoms with Crippen molar-refractivity contribution >= 4 is 17.6 Å². The highest BCUT2D eigenvalue weighted by atomic mass is 16.7. The van der Waals surface area contributed by atoms with Gasteiger partial charge in [0, 0.05) is 6.07 Å². The van der Waals surface area contributed by atoms with E-state index in [1.165, 1.54) is 5.56 Å². The van der Waals surface area contributed by atoms with Crippen molar-refractivity contribution in [2.75, 3.05) is 18.7 Å². The molecular formula is C29H31NO6. The van der Waals surface area contributed by atoms with E-state index in [0.29, 0.717) is 40.2 Å². The maximum atomic E-state index is 13.2. The molecule has 1 N–H and O–H groups in total. The molecule has 0 saturated heterocycles. The number of carbonyl (C=O) groups is 2. The summed E-state index contributed by atoms with van der Waals surface area (Å²) in [4.78, 5) is 25.6. The van der Waals surface area contributed by atoms with Gasteiger partial charge in [-0.2, -0.15) is 0 Å². The molecule has 1 amide bonds. The van der Waals surface area contributed by atoms with Crippen LogP contribution in [0.4, 0.5) is 5.69 Å². The van der Waals surface area contributed by atoms with Crippen molar-refractivity contribution in [2.24, 2.45) is 5.92 Å². The Morgan fingerprint density at radius 1 is 0.944 bits per heavy atom. The highest BCUT2D eigenvalue weighted by molar-refractivity contribution is 5.99. The molecule has 0 unspecified atom stereocenters. The van der Waals surface area contributed by atoms with E-state index in [2.05, 4.69) is 31.3 Å². The molecule has 36 heavy (non-hydrogen) atoms. The number of rotatable bonds is 9. The van der Waals surface area contributed by atoms with E-state index in [9.17, 15) is 9.59 Å². The van der Waals surface area contributed by atoms with E-state index in [1.54, 1.807) is 43.3 Å². The number of hydrogen-bond donors (Lipinski definition) is 1. The molecule has 3 aromatic carbocycles. The molecular weight excluding hydrogens is 458 g/mol. The normalized spacial score (nSPS) is 12.8. The third-order valence-corrected chi connectivity index (χ3v) is 5.84. The topological polar surface area (TPSA) is 83.1 Å². The lowest BCUT2D eigenvalue weighted by Gasteiger charge is -2.17. The summed E-state index contributed by atoms with van der Waals surface area (Å²) in [5.74, 6) is 1.56. The van der Waals surface area contributed by atoms with Crippen molar-refractivity contribution in [1.82, 2.24) is 0 Å². The van der Waals surface area contributed by atoms with Crippen LogP contribution in [-0.2, 0) is 16.0 Å². The number of amides is 1. The van der Waals surface area contributed by atoms with Gasteiger partial charge in [-0.3, -0.25) is 4.79 Å². The maximum absolute atomic E-state index is 13.2. The molecule has 7 heteroatoms. The minimum atomic E-state index is -0.476. The first-order valence-corrected chi connectivity index (χ1v) is 12.1. The second-order valence-corrected chi connectivity index (χ2v) is 9.10. The van der Waals surface area contributed by atoms with Crippen LogP contribution in [0.5, 0.6) is 23.0 Å². The number of anilines is 1. The fourth-order valence-electron chi connectivity index (χ4n) is 3.93. The highest BCUT2D eigenvalue weighted by Gasteiger charge is 2.20. The van der Waals surface area contributed by atoms with Gasteiger partial charge in [0.15, 0.2) is 17.2 Å². The van der Waals surface area contributed by atoms with Crippen molar-refractivity contribution in [3.05, 3.63) is 77.4 Å². The van der Waals surface area contributed by atoms with Gasteiger partial charge in [-0.1, -0.05) is 38.1 Å². The quantitative estimate of drug-likeness (QED) is 0.354. The van der Waals surface area contributed by atoms with Crippen LogP contribution >= 0.6 is 0 Å². The fourth-order valence-corrected chi connectivity index (χ4v) is 3.93. The standard InChI is InChI=1S/C29H31NO6/c1-5-33-29(32)22-10-12-25(36-23-11-13-26-27(16-23)35-17-34-26)24(15-22)30-28(31)19(4)21-8-6-20(7-9-21)14-18(2)3/h6-13,15-16,18-19H,5,14,17H2,1-4H3,(H,30,31)/t19-/m1/s1. The smallest absolute Gasteiger partial charge is 0.338 e. The van der Waals surface area contributed by atoms with Crippen LogP contribution in [0.3, 0.4) is 0 Å². The summed E-state index contributed by atoms with van der Waals surface area (Å²) in [6.07, 6.45) is 0.988. The molecule has 1 aliphatic heterocycles. The molecule has 0 bridgehead atoms. The number of hydrogen-bond acceptors (Lipinski definition) is 6. The lowest BCUT2D eigenvalue weighted by molar-refractivity contribution is -0.117. The Hall–Kier alpha value is -4.00. The molecule has 1 atom stereocenters. The highest BCUT2D eigenvalue weighted by Crippen LogP contribution is 2.38. The number of benzene rings is 3. The molecule has 0 aliphatic carbocycles. The van der Waals surface area contributed by atoms with Gasteiger partial charge in [-0.15, -0.1) is 0 Å². The van der Waals surface area contributed by atoms with Gasteiger partial charge in [0.2, 0.25) is 12.7 Å². The SMILES string of the molecule is CCOC(=O)c1ccc(Oc2ccc3c(c2)OCO3)c(NC(=O)[C@H](C)c2ccc(CC(C)C)cc2)c1. The molecule has 0 spiro atoms. The molecule has 1 heterocycles. The van der Waals surface area contributed by atoms with Crippen LogP contribution in [-0.4, -0.2) is 25.3 Å². The molecule has 0 saturated carbocycles. The lowest BCUT2D eigenvalue weighted by atomic mass is 9.96. The van der Waals surface area contributed by atoms with E-state index < -0.39 is 11.9 Å². The summed E-state index contributed by atoms with van der Waals surface area (Å²) in [5, 5.41) is 2.94.